The molecule has 3 rings (SSSR count). The average Bonchev–Trinajstić information content (AvgIpc) is 2.67. The van der Waals surface area contributed by atoms with Gasteiger partial charge in [-0.05, 0) is 48.4 Å². The number of hydrogen-bond donors (Lipinski definition) is 2. The lowest BCUT2D eigenvalue weighted by Crippen LogP contribution is -2.48. The molecule has 1 amide bonds. The number of piperidine rings is 1. The number of carbonyl (C=O) groups is 2. The molecular weight excluding hydrogens is 351 g/mol. The van der Waals surface area contributed by atoms with Gasteiger partial charge in [0, 0.05) is 37.3 Å². The van der Waals surface area contributed by atoms with Crippen LogP contribution in [0.15, 0.2) is 30.5 Å². The van der Waals surface area contributed by atoms with Crippen molar-refractivity contribution in [2.45, 2.75) is 18.9 Å². The van der Waals surface area contributed by atoms with E-state index in [0.717, 1.165) is 47.4 Å². The Morgan fingerprint density at radius 1 is 1.41 bits per heavy atom. The Morgan fingerprint density at radius 3 is 2.81 bits per heavy atom. The van der Waals surface area contributed by atoms with Crippen molar-refractivity contribution in [2.75, 3.05) is 31.1 Å². The van der Waals surface area contributed by atoms with E-state index < -0.39 is 6.09 Å². The SMILES string of the molecule is NC(CN(CC=O)C(=O)O)C1CCN(c2nccc3cc(F)ccc23)CC1. The van der Waals surface area contributed by atoms with Gasteiger partial charge in [0.15, 0.2) is 0 Å². The number of fused-ring (bicyclic) bond motifs is 1. The predicted molar refractivity (Wildman–Crippen MR) is 100 cm³/mol. The summed E-state index contributed by atoms with van der Waals surface area (Å²) in [6.07, 6.45) is 2.71. The maximum absolute atomic E-state index is 13.5. The van der Waals surface area contributed by atoms with Gasteiger partial charge in [0.1, 0.15) is 17.9 Å². The largest absolute Gasteiger partial charge is 0.465 e. The number of aromatic nitrogens is 1. The molecule has 1 unspecified atom stereocenters. The fraction of sp³-hybridized carbons (Fsp3) is 0.421. The molecule has 7 nitrogen and oxygen atoms in total. The van der Waals surface area contributed by atoms with Gasteiger partial charge < -0.3 is 20.5 Å². The van der Waals surface area contributed by atoms with Crippen molar-refractivity contribution >= 4 is 29.0 Å². The molecule has 2 heterocycles. The molecule has 1 aliphatic rings. The van der Waals surface area contributed by atoms with Crippen LogP contribution < -0.4 is 10.6 Å². The first-order valence-electron chi connectivity index (χ1n) is 8.96. The second-order valence-corrected chi connectivity index (χ2v) is 6.84. The summed E-state index contributed by atoms with van der Waals surface area (Å²) >= 11 is 0. The van der Waals surface area contributed by atoms with Crippen molar-refractivity contribution in [3.63, 3.8) is 0 Å². The Kier molecular flexibility index (Phi) is 5.85. The van der Waals surface area contributed by atoms with Crippen LogP contribution in [-0.2, 0) is 4.79 Å². The van der Waals surface area contributed by atoms with Crippen LogP contribution in [0.4, 0.5) is 15.0 Å². The number of carboxylic acid groups (broad SMARTS) is 1. The average molecular weight is 374 g/mol. The zero-order valence-corrected chi connectivity index (χ0v) is 14.9. The predicted octanol–water partition coefficient (Wildman–Crippen LogP) is 2.10. The van der Waals surface area contributed by atoms with Crippen LogP contribution in [0.3, 0.4) is 0 Å². The van der Waals surface area contributed by atoms with E-state index in [2.05, 4.69) is 9.88 Å². The molecule has 8 heteroatoms. The number of amides is 1. The number of benzene rings is 1. The molecule has 0 bridgehead atoms. The third kappa shape index (κ3) is 4.33. The first-order chi connectivity index (χ1) is 13.0. The van der Waals surface area contributed by atoms with Crippen molar-refractivity contribution < 1.29 is 19.1 Å². The lowest BCUT2D eigenvalue weighted by molar-refractivity contribution is -0.108. The van der Waals surface area contributed by atoms with Gasteiger partial charge in [0.25, 0.3) is 0 Å². The summed E-state index contributed by atoms with van der Waals surface area (Å²) in [6.45, 7) is 1.45. The molecule has 1 fully saturated rings. The lowest BCUT2D eigenvalue weighted by atomic mass is 9.89. The number of hydrogen-bond acceptors (Lipinski definition) is 5. The normalized spacial score (nSPS) is 16.3. The maximum atomic E-state index is 13.5. The number of aldehydes is 1. The van der Waals surface area contributed by atoms with Crippen LogP contribution in [0, 0.1) is 11.7 Å². The highest BCUT2D eigenvalue weighted by molar-refractivity contribution is 5.92. The Bertz CT molecular complexity index is 824. The van der Waals surface area contributed by atoms with Gasteiger partial charge in [-0.3, -0.25) is 4.90 Å². The molecule has 27 heavy (non-hydrogen) atoms. The molecule has 144 valence electrons. The Balaban J connectivity index is 1.65. The smallest absolute Gasteiger partial charge is 0.407 e. The molecule has 1 aromatic heterocycles. The number of nitrogens with zero attached hydrogens (tertiary/aromatic N) is 3. The van der Waals surface area contributed by atoms with E-state index >= 15 is 0 Å². The summed E-state index contributed by atoms with van der Waals surface area (Å²) in [5, 5.41) is 10.8. The minimum absolute atomic E-state index is 0.143. The highest BCUT2D eigenvalue weighted by atomic mass is 19.1. The van der Waals surface area contributed by atoms with Crippen LogP contribution in [0.5, 0.6) is 0 Å². The highest BCUT2D eigenvalue weighted by Crippen LogP contribution is 2.29. The second kappa shape index (κ2) is 8.30. The summed E-state index contributed by atoms with van der Waals surface area (Å²) in [6, 6.07) is 6.14. The van der Waals surface area contributed by atoms with Gasteiger partial charge in [-0.25, -0.2) is 14.2 Å². The van der Waals surface area contributed by atoms with Crippen LogP contribution >= 0.6 is 0 Å². The minimum Gasteiger partial charge on any atom is -0.465 e. The summed E-state index contributed by atoms with van der Waals surface area (Å²) in [4.78, 5) is 29.5. The van der Waals surface area contributed by atoms with Gasteiger partial charge in [-0.1, -0.05) is 0 Å². The number of carbonyl (C=O) groups excluding carboxylic acids is 1. The molecule has 0 saturated carbocycles. The van der Waals surface area contributed by atoms with E-state index in [-0.39, 0.29) is 30.9 Å². The van der Waals surface area contributed by atoms with Gasteiger partial charge in [0.05, 0.1) is 6.54 Å². The summed E-state index contributed by atoms with van der Waals surface area (Å²) in [5.74, 6) is 0.720. The van der Waals surface area contributed by atoms with E-state index in [1.54, 1.807) is 18.3 Å². The van der Waals surface area contributed by atoms with Crippen molar-refractivity contribution in [2.24, 2.45) is 11.7 Å². The number of rotatable bonds is 6. The van der Waals surface area contributed by atoms with Gasteiger partial charge in [-0.15, -0.1) is 0 Å². The number of pyridine rings is 1. The first kappa shape index (κ1) is 19.0. The summed E-state index contributed by atoms with van der Waals surface area (Å²) < 4.78 is 13.5. The lowest BCUT2D eigenvalue weighted by Gasteiger charge is -2.36. The van der Waals surface area contributed by atoms with Crippen molar-refractivity contribution in [1.82, 2.24) is 9.88 Å². The van der Waals surface area contributed by atoms with E-state index in [1.165, 1.54) is 12.1 Å². The summed E-state index contributed by atoms with van der Waals surface area (Å²) in [7, 11) is 0. The zero-order valence-electron chi connectivity index (χ0n) is 14.9. The number of anilines is 1. The molecule has 1 aliphatic heterocycles. The number of nitrogens with two attached hydrogens (primary N) is 1. The minimum atomic E-state index is -1.14. The van der Waals surface area contributed by atoms with Gasteiger partial charge >= 0.3 is 6.09 Å². The molecule has 0 spiro atoms. The van der Waals surface area contributed by atoms with E-state index in [1.807, 2.05) is 0 Å². The van der Waals surface area contributed by atoms with Crippen LogP contribution in [0.2, 0.25) is 0 Å². The molecule has 3 N–H and O–H groups in total. The Labute approximate surface area is 156 Å². The second-order valence-electron chi connectivity index (χ2n) is 6.84. The molecule has 1 atom stereocenters. The molecule has 1 aromatic carbocycles. The molecule has 2 aromatic rings. The quantitative estimate of drug-likeness (QED) is 0.751. The molecular formula is C19H23FN4O3. The maximum Gasteiger partial charge on any atom is 0.407 e. The molecule has 0 radical (unpaired) electrons. The monoisotopic (exact) mass is 374 g/mol. The van der Waals surface area contributed by atoms with Crippen molar-refractivity contribution in [3.8, 4) is 0 Å². The third-order valence-electron chi connectivity index (χ3n) is 5.15. The highest BCUT2D eigenvalue weighted by Gasteiger charge is 2.28. The van der Waals surface area contributed by atoms with Gasteiger partial charge in [0.2, 0.25) is 0 Å². The molecule has 1 saturated heterocycles. The topological polar surface area (TPSA) is 99.8 Å². The van der Waals surface area contributed by atoms with Crippen molar-refractivity contribution in [3.05, 3.63) is 36.3 Å². The Hall–Kier alpha value is -2.74. The van der Waals surface area contributed by atoms with Crippen molar-refractivity contribution in [1.29, 1.82) is 0 Å². The van der Waals surface area contributed by atoms with Crippen LogP contribution in [-0.4, -0.2) is 59.6 Å². The van der Waals surface area contributed by atoms with Crippen LogP contribution in [0.25, 0.3) is 10.8 Å². The van der Waals surface area contributed by atoms with Crippen LogP contribution in [0.1, 0.15) is 12.8 Å². The Morgan fingerprint density at radius 2 is 2.15 bits per heavy atom. The summed E-state index contributed by atoms with van der Waals surface area (Å²) in [5.41, 5.74) is 6.21. The van der Waals surface area contributed by atoms with E-state index in [0.29, 0.717) is 6.29 Å². The fourth-order valence-corrected chi connectivity index (χ4v) is 3.65. The van der Waals surface area contributed by atoms with E-state index in [9.17, 15) is 14.0 Å². The third-order valence-corrected chi connectivity index (χ3v) is 5.15. The standard InChI is InChI=1S/C19H23FN4O3/c20-15-1-2-16-14(11-15)3-6-22-18(16)23-7-4-13(5-8-23)17(21)12-24(9-10-25)19(26)27/h1-3,6,10-11,13,17H,4-5,7-9,12,21H2,(H,26,27). The first-order valence-corrected chi connectivity index (χ1v) is 8.96. The fourth-order valence-electron chi connectivity index (χ4n) is 3.65. The number of halogens is 1. The molecule has 0 aliphatic carbocycles. The van der Waals surface area contributed by atoms with Gasteiger partial charge in [-0.2, -0.15) is 0 Å². The van der Waals surface area contributed by atoms with E-state index in [4.69, 9.17) is 10.8 Å². The zero-order chi connectivity index (χ0) is 19.4.